The number of carbonyl (C=O) groups is 2. The van der Waals surface area contributed by atoms with Crippen molar-refractivity contribution in [3.63, 3.8) is 0 Å². The predicted molar refractivity (Wildman–Crippen MR) is 122 cm³/mol. The van der Waals surface area contributed by atoms with Crippen molar-refractivity contribution in [1.29, 1.82) is 0 Å². The van der Waals surface area contributed by atoms with Gasteiger partial charge in [0.15, 0.2) is 0 Å². The van der Waals surface area contributed by atoms with Crippen LogP contribution in [0, 0.1) is 5.82 Å². The molecule has 2 N–H and O–H groups in total. The van der Waals surface area contributed by atoms with Gasteiger partial charge in [0.1, 0.15) is 5.82 Å². The average molecular weight is 445 g/mol. The first-order chi connectivity index (χ1) is 15.0. The Kier molecular flexibility index (Phi) is 6.61. The number of rotatable bonds is 4. The molecule has 0 radical (unpaired) electrons. The summed E-state index contributed by atoms with van der Waals surface area (Å²) in [4.78, 5) is 29.8. The molecule has 2 aromatic carbocycles. The van der Waals surface area contributed by atoms with Crippen molar-refractivity contribution in [3.05, 3.63) is 52.8 Å². The van der Waals surface area contributed by atoms with Crippen LogP contribution in [0.2, 0.25) is 5.02 Å². The fourth-order valence-electron chi connectivity index (χ4n) is 4.15. The number of amides is 3. The van der Waals surface area contributed by atoms with Crippen LogP contribution in [0.15, 0.2) is 36.4 Å². The van der Waals surface area contributed by atoms with E-state index in [-0.39, 0.29) is 10.9 Å². The number of likely N-dealkylation sites (tertiary alicyclic amines) is 1. The highest BCUT2D eigenvalue weighted by atomic mass is 35.5. The van der Waals surface area contributed by atoms with Gasteiger partial charge in [0, 0.05) is 43.2 Å². The van der Waals surface area contributed by atoms with E-state index in [0.717, 1.165) is 57.5 Å². The largest absolute Gasteiger partial charge is 0.371 e. The van der Waals surface area contributed by atoms with E-state index in [4.69, 9.17) is 11.6 Å². The second kappa shape index (κ2) is 9.56. The number of halogens is 2. The standard InChI is InChI=1S/C23H26ClFN4O2/c24-19-15-17(6-8-20(19)25)27-23(31)26-16-7-9-21(28-10-2-1-3-11-28)18(14-16)22(30)29-12-4-5-13-29/h6-9,14-15H,1-5,10-13H2,(H2,26,27,31). The van der Waals surface area contributed by atoms with E-state index >= 15 is 0 Å². The quantitative estimate of drug-likeness (QED) is 0.668. The molecule has 0 bridgehead atoms. The molecule has 2 saturated heterocycles. The fourth-order valence-corrected chi connectivity index (χ4v) is 4.33. The van der Waals surface area contributed by atoms with Gasteiger partial charge in [-0.2, -0.15) is 0 Å². The van der Waals surface area contributed by atoms with Crippen LogP contribution in [-0.2, 0) is 0 Å². The maximum absolute atomic E-state index is 13.3. The van der Waals surface area contributed by atoms with Gasteiger partial charge in [0.05, 0.1) is 10.6 Å². The molecule has 0 spiro atoms. The number of benzene rings is 2. The van der Waals surface area contributed by atoms with E-state index in [1.807, 2.05) is 17.0 Å². The molecule has 4 rings (SSSR count). The molecule has 164 valence electrons. The van der Waals surface area contributed by atoms with Gasteiger partial charge in [-0.25, -0.2) is 9.18 Å². The molecule has 6 nitrogen and oxygen atoms in total. The van der Waals surface area contributed by atoms with Crippen molar-refractivity contribution in [2.24, 2.45) is 0 Å². The van der Waals surface area contributed by atoms with Crippen molar-refractivity contribution in [3.8, 4) is 0 Å². The van der Waals surface area contributed by atoms with Gasteiger partial charge in [-0.05, 0) is 68.5 Å². The van der Waals surface area contributed by atoms with E-state index in [1.54, 1.807) is 6.07 Å². The molecule has 0 unspecified atom stereocenters. The first-order valence-corrected chi connectivity index (χ1v) is 11.1. The Bertz CT molecular complexity index is 972. The minimum atomic E-state index is -0.550. The average Bonchev–Trinajstić information content (AvgIpc) is 3.31. The number of carbonyl (C=O) groups excluding carboxylic acids is 2. The summed E-state index contributed by atoms with van der Waals surface area (Å²) in [5.74, 6) is -0.543. The van der Waals surface area contributed by atoms with Crippen molar-refractivity contribution in [1.82, 2.24) is 4.90 Å². The third kappa shape index (κ3) is 5.10. The van der Waals surface area contributed by atoms with Crippen molar-refractivity contribution < 1.29 is 14.0 Å². The van der Waals surface area contributed by atoms with Gasteiger partial charge >= 0.3 is 6.03 Å². The fraction of sp³-hybridized carbons (Fsp3) is 0.391. The SMILES string of the molecule is O=C(Nc1ccc(F)c(Cl)c1)Nc1ccc(N2CCCCC2)c(C(=O)N2CCCC2)c1. The number of nitrogens with one attached hydrogen (secondary N) is 2. The summed E-state index contributed by atoms with van der Waals surface area (Å²) >= 11 is 5.77. The zero-order chi connectivity index (χ0) is 21.8. The summed E-state index contributed by atoms with van der Waals surface area (Å²) in [5.41, 5.74) is 2.44. The van der Waals surface area contributed by atoms with Gasteiger partial charge in [0.25, 0.3) is 5.91 Å². The van der Waals surface area contributed by atoms with E-state index in [9.17, 15) is 14.0 Å². The zero-order valence-corrected chi connectivity index (χ0v) is 18.1. The lowest BCUT2D eigenvalue weighted by molar-refractivity contribution is 0.0793. The maximum atomic E-state index is 13.3. The highest BCUT2D eigenvalue weighted by Gasteiger charge is 2.25. The summed E-state index contributed by atoms with van der Waals surface area (Å²) in [6.07, 6.45) is 5.47. The molecule has 3 amide bonds. The van der Waals surface area contributed by atoms with Crippen LogP contribution in [0.25, 0.3) is 0 Å². The molecular formula is C23H26ClFN4O2. The topological polar surface area (TPSA) is 64.7 Å². The minimum Gasteiger partial charge on any atom is -0.371 e. The molecule has 31 heavy (non-hydrogen) atoms. The van der Waals surface area contributed by atoms with Gasteiger partial charge in [-0.3, -0.25) is 4.79 Å². The lowest BCUT2D eigenvalue weighted by atomic mass is 10.1. The molecule has 8 heteroatoms. The normalized spacial score (nSPS) is 16.3. The third-order valence-corrected chi connectivity index (χ3v) is 6.04. The lowest BCUT2D eigenvalue weighted by Crippen LogP contribution is -2.34. The molecule has 2 aliphatic heterocycles. The lowest BCUT2D eigenvalue weighted by Gasteiger charge is -2.31. The summed E-state index contributed by atoms with van der Waals surface area (Å²) in [7, 11) is 0. The highest BCUT2D eigenvalue weighted by Crippen LogP contribution is 2.29. The molecular weight excluding hydrogens is 419 g/mol. The number of nitrogens with zero attached hydrogens (tertiary/aromatic N) is 2. The first kappa shape index (κ1) is 21.4. The Morgan fingerprint density at radius 3 is 2.13 bits per heavy atom. The zero-order valence-electron chi connectivity index (χ0n) is 17.3. The number of hydrogen-bond donors (Lipinski definition) is 2. The Balaban J connectivity index is 1.54. The summed E-state index contributed by atoms with van der Waals surface area (Å²) in [6.45, 7) is 3.39. The van der Waals surface area contributed by atoms with E-state index < -0.39 is 11.8 Å². The molecule has 2 aliphatic rings. The molecule has 2 fully saturated rings. The molecule has 0 aliphatic carbocycles. The van der Waals surface area contributed by atoms with Crippen LogP contribution < -0.4 is 15.5 Å². The van der Waals surface area contributed by atoms with Crippen molar-refractivity contribution in [2.45, 2.75) is 32.1 Å². The molecule has 0 saturated carbocycles. The van der Waals surface area contributed by atoms with Crippen LogP contribution in [0.3, 0.4) is 0 Å². The monoisotopic (exact) mass is 444 g/mol. The predicted octanol–water partition coefficient (Wildman–Crippen LogP) is 5.35. The van der Waals surface area contributed by atoms with Crippen LogP contribution in [0.1, 0.15) is 42.5 Å². The van der Waals surface area contributed by atoms with Crippen molar-refractivity contribution >= 4 is 40.6 Å². The third-order valence-electron chi connectivity index (χ3n) is 5.75. The minimum absolute atomic E-state index is 0.00690. The Morgan fingerprint density at radius 1 is 0.839 bits per heavy atom. The van der Waals surface area contributed by atoms with Crippen LogP contribution in [-0.4, -0.2) is 43.0 Å². The number of anilines is 3. The first-order valence-electron chi connectivity index (χ1n) is 10.7. The molecule has 2 heterocycles. The van der Waals surface area contributed by atoms with Crippen molar-refractivity contribution in [2.75, 3.05) is 41.7 Å². The molecule has 2 aromatic rings. The van der Waals surface area contributed by atoms with Crippen LogP contribution in [0.4, 0.5) is 26.2 Å². The van der Waals surface area contributed by atoms with E-state index in [2.05, 4.69) is 15.5 Å². The van der Waals surface area contributed by atoms with Gasteiger partial charge in [-0.1, -0.05) is 11.6 Å². The van der Waals surface area contributed by atoms with Gasteiger partial charge < -0.3 is 20.4 Å². The second-order valence-corrected chi connectivity index (χ2v) is 8.39. The molecule has 0 aromatic heterocycles. The van der Waals surface area contributed by atoms with Crippen LogP contribution in [0.5, 0.6) is 0 Å². The number of piperidine rings is 1. The maximum Gasteiger partial charge on any atom is 0.323 e. The summed E-state index contributed by atoms with van der Waals surface area (Å²) in [5, 5.41) is 5.33. The summed E-state index contributed by atoms with van der Waals surface area (Å²) < 4.78 is 13.3. The Morgan fingerprint density at radius 2 is 1.45 bits per heavy atom. The second-order valence-electron chi connectivity index (χ2n) is 7.99. The molecule has 0 atom stereocenters. The summed E-state index contributed by atoms with van der Waals surface area (Å²) in [6, 6.07) is 8.95. The van der Waals surface area contributed by atoms with Gasteiger partial charge in [-0.15, -0.1) is 0 Å². The Hall–Kier alpha value is -2.80. The van der Waals surface area contributed by atoms with Crippen LogP contribution >= 0.6 is 11.6 Å². The highest BCUT2D eigenvalue weighted by molar-refractivity contribution is 6.31. The van der Waals surface area contributed by atoms with E-state index in [1.165, 1.54) is 24.6 Å². The Labute approximate surface area is 186 Å². The number of urea groups is 1. The van der Waals surface area contributed by atoms with E-state index in [0.29, 0.717) is 16.9 Å². The number of hydrogen-bond acceptors (Lipinski definition) is 3. The van der Waals surface area contributed by atoms with Gasteiger partial charge in [0.2, 0.25) is 0 Å². The smallest absolute Gasteiger partial charge is 0.323 e.